The van der Waals surface area contributed by atoms with Crippen LogP contribution in [0, 0.1) is 0 Å². The van der Waals surface area contributed by atoms with Crippen LogP contribution in [0.2, 0.25) is 0 Å². The second-order valence-corrected chi connectivity index (χ2v) is 4.36. The normalized spacial score (nSPS) is 17.3. The molecule has 0 spiro atoms. The number of aromatic nitrogens is 1. The highest BCUT2D eigenvalue weighted by molar-refractivity contribution is 5.42. The molecule has 2 rings (SSSR count). The lowest BCUT2D eigenvalue weighted by Gasteiger charge is -2.21. The number of nitrogens with zero attached hydrogens (tertiary/aromatic N) is 1. The average molecular weight is 220 g/mol. The third-order valence-corrected chi connectivity index (χ3v) is 3.12. The van der Waals surface area contributed by atoms with E-state index in [-0.39, 0.29) is 0 Å². The molecule has 0 unspecified atom stereocenters. The van der Waals surface area contributed by atoms with Crippen LogP contribution >= 0.6 is 0 Å². The van der Waals surface area contributed by atoms with Gasteiger partial charge in [-0.25, -0.2) is 0 Å². The van der Waals surface area contributed by atoms with Gasteiger partial charge < -0.3 is 10.1 Å². The van der Waals surface area contributed by atoms with Crippen molar-refractivity contribution in [3.63, 3.8) is 0 Å². The van der Waals surface area contributed by atoms with E-state index in [0.29, 0.717) is 12.7 Å². The Hall–Kier alpha value is -1.09. The summed E-state index contributed by atoms with van der Waals surface area (Å²) in [5, 5.41) is 3.11. The molecular weight excluding hydrogens is 200 g/mol. The summed E-state index contributed by atoms with van der Waals surface area (Å²) >= 11 is 0. The van der Waals surface area contributed by atoms with Gasteiger partial charge in [0.2, 0.25) is 0 Å². The Morgan fingerprint density at radius 2 is 2.19 bits per heavy atom. The molecule has 1 aliphatic rings. The molecule has 0 aliphatic heterocycles. The fraction of sp³-hybridized carbons (Fsp3) is 0.615. The molecule has 1 heterocycles. The molecule has 1 aromatic rings. The van der Waals surface area contributed by atoms with Gasteiger partial charge in [0.1, 0.15) is 0 Å². The summed E-state index contributed by atoms with van der Waals surface area (Å²) in [4.78, 5) is 4.31. The number of nitrogens with one attached hydrogen (secondary N) is 1. The number of hydrogen-bond donors (Lipinski definition) is 1. The quantitative estimate of drug-likeness (QED) is 0.847. The van der Waals surface area contributed by atoms with Gasteiger partial charge in [-0.1, -0.05) is 19.3 Å². The maximum atomic E-state index is 5.88. The van der Waals surface area contributed by atoms with Gasteiger partial charge in [0.25, 0.3) is 0 Å². The zero-order valence-corrected chi connectivity index (χ0v) is 9.91. The molecule has 1 fully saturated rings. The Morgan fingerprint density at radius 3 is 2.94 bits per heavy atom. The van der Waals surface area contributed by atoms with Gasteiger partial charge in [-0.05, 0) is 25.0 Å². The van der Waals surface area contributed by atoms with E-state index in [9.17, 15) is 0 Å². The van der Waals surface area contributed by atoms with Gasteiger partial charge >= 0.3 is 0 Å². The summed E-state index contributed by atoms with van der Waals surface area (Å²) in [5.41, 5.74) is 2.11. The van der Waals surface area contributed by atoms with Crippen molar-refractivity contribution in [2.24, 2.45) is 0 Å². The predicted octanol–water partition coefficient (Wildman–Crippen LogP) is 2.97. The Kier molecular flexibility index (Phi) is 4.17. The largest absolute Gasteiger partial charge is 0.388 e. The molecule has 0 saturated heterocycles. The maximum Gasteiger partial charge on any atom is 0.0892 e. The summed E-state index contributed by atoms with van der Waals surface area (Å²) in [6, 6.07) is 4.01. The summed E-state index contributed by atoms with van der Waals surface area (Å²) in [6.07, 6.45) is 8.70. The van der Waals surface area contributed by atoms with Crippen LogP contribution in [-0.4, -0.2) is 18.1 Å². The maximum absolute atomic E-state index is 5.88. The van der Waals surface area contributed by atoms with Crippen LogP contribution in [0.1, 0.15) is 37.8 Å². The summed E-state index contributed by atoms with van der Waals surface area (Å²) in [7, 11) is 1.92. The highest BCUT2D eigenvalue weighted by Gasteiger charge is 2.13. The second-order valence-electron chi connectivity index (χ2n) is 4.36. The molecule has 0 bridgehead atoms. The highest BCUT2D eigenvalue weighted by atomic mass is 16.5. The van der Waals surface area contributed by atoms with E-state index < -0.39 is 0 Å². The number of anilines is 1. The molecule has 3 nitrogen and oxygen atoms in total. The molecule has 0 amide bonds. The third-order valence-electron chi connectivity index (χ3n) is 3.12. The minimum Gasteiger partial charge on any atom is -0.388 e. The minimum atomic E-state index is 0.453. The van der Waals surface area contributed by atoms with Crippen molar-refractivity contribution in [1.29, 1.82) is 0 Å². The number of ether oxygens (including phenoxy) is 1. The monoisotopic (exact) mass is 220 g/mol. The Labute approximate surface area is 97.2 Å². The van der Waals surface area contributed by atoms with Gasteiger partial charge in [-0.2, -0.15) is 0 Å². The molecule has 0 radical (unpaired) electrons. The lowest BCUT2D eigenvalue weighted by Crippen LogP contribution is -2.16. The van der Waals surface area contributed by atoms with Crippen molar-refractivity contribution in [3.05, 3.63) is 24.0 Å². The highest BCUT2D eigenvalue weighted by Crippen LogP contribution is 2.21. The third kappa shape index (κ3) is 3.20. The van der Waals surface area contributed by atoms with Gasteiger partial charge in [0.05, 0.1) is 18.4 Å². The smallest absolute Gasteiger partial charge is 0.0892 e. The minimum absolute atomic E-state index is 0.453. The molecule has 0 aromatic carbocycles. The first-order chi connectivity index (χ1) is 7.88. The van der Waals surface area contributed by atoms with Crippen molar-refractivity contribution < 1.29 is 4.74 Å². The van der Waals surface area contributed by atoms with E-state index in [1.165, 1.54) is 32.1 Å². The van der Waals surface area contributed by atoms with Crippen LogP contribution in [0.3, 0.4) is 0 Å². The first-order valence-corrected chi connectivity index (χ1v) is 6.13. The van der Waals surface area contributed by atoms with Crippen LogP contribution in [0.15, 0.2) is 18.3 Å². The Bertz CT molecular complexity index is 321. The molecule has 0 atom stereocenters. The lowest BCUT2D eigenvalue weighted by molar-refractivity contribution is 0.0153. The van der Waals surface area contributed by atoms with Crippen molar-refractivity contribution in [1.82, 2.24) is 4.98 Å². The van der Waals surface area contributed by atoms with Gasteiger partial charge in [-0.3, -0.25) is 4.98 Å². The number of rotatable bonds is 4. The van der Waals surface area contributed by atoms with E-state index in [2.05, 4.69) is 10.3 Å². The lowest BCUT2D eigenvalue weighted by atomic mass is 9.98. The van der Waals surface area contributed by atoms with Crippen LogP contribution < -0.4 is 5.32 Å². The van der Waals surface area contributed by atoms with E-state index in [1.807, 2.05) is 25.4 Å². The van der Waals surface area contributed by atoms with Crippen molar-refractivity contribution in [2.45, 2.75) is 44.8 Å². The van der Waals surface area contributed by atoms with Gasteiger partial charge in [0, 0.05) is 18.9 Å². The zero-order chi connectivity index (χ0) is 11.2. The first kappa shape index (κ1) is 11.4. The number of hydrogen-bond acceptors (Lipinski definition) is 3. The van der Waals surface area contributed by atoms with Crippen molar-refractivity contribution >= 4 is 5.69 Å². The molecule has 1 aliphatic carbocycles. The molecule has 1 saturated carbocycles. The number of pyridine rings is 1. The van der Waals surface area contributed by atoms with Crippen LogP contribution in [0.5, 0.6) is 0 Å². The first-order valence-electron chi connectivity index (χ1n) is 6.13. The topological polar surface area (TPSA) is 34.2 Å². The van der Waals surface area contributed by atoms with E-state index in [4.69, 9.17) is 4.74 Å². The molecule has 1 N–H and O–H groups in total. The summed E-state index contributed by atoms with van der Waals surface area (Å²) < 4.78 is 5.88. The molecule has 1 aromatic heterocycles. The van der Waals surface area contributed by atoms with E-state index in [0.717, 1.165) is 11.4 Å². The predicted molar refractivity (Wildman–Crippen MR) is 65.4 cm³/mol. The fourth-order valence-electron chi connectivity index (χ4n) is 2.15. The molecule has 88 valence electrons. The Morgan fingerprint density at radius 1 is 1.38 bits per heavy atom. The van der Waals surface area contributed by atoms with Crippen molar-refractivity contribution in [3.8, 4) is 0 Å². The zero-order valence-electron chi connectivity index (χ0n) is 9.91. The second kappa shape index (κ2) is 5.85. The SMILES string of the molecule is CNc1ccnc(COC2CCCCC2)c1. The van der Waals surface area contributed by atoms with E-state index in [1.54, 1.807) is 0 Å². The van der Waals surface area contributed by atoms with Crippen LogP contribution in [0.4, 0.5) is 5.69 Å². The van der Waals surface area contributed by atoms with Crippen LogP contribution in [0.25, 0.3) is 0 Å². The Balaban J connectivity index is 1.83. The van der Waals surface area contributed by atoms with Crippen LogP contribution in [-0.2, 0) is 11.3 Å². The fourth-order valence-corrected chi connectivity index (χ4v) is 2.15. The van der Waals surface area contributed by atoms with E-state index >= 15 is 0 Å². The average Bonchev–Trinajstić information content (AvgIpc) is 2.38. The van der Waals surface area contributed by atoms with Gasteiger partial charge in [0.15, 0.2) is 0 Å². The van der Waals surface area contributed by atoms with Crippen molar-refractivity contribution in [2.75, 3.05) is 12.4 Å². The van der Waals surface area contributed by atoms with Gasteiger partial charge in [-0.15, -0.1) is 0 Å². The molecule has 16 heavy (non-hydrogen) atoms. The summed E-state index contributed by atoms with van der Waals surface area (Å²) in [5.74, 6) is 0. The molecular formula is C13H20N2O. The molecule has 3 heteroatoms. The standard InChI is InChI=1S/C13H20N2O/c1-14-11-7-8-15-12(9-11)10-16-13-5-3-2-4-6-13/h7-9,13H,2-6,10H2,1H3,(H,14,15). The summed E-state index contributed by atoms with van der Waals surface area (Å²) in [6.45, 7) is 0.639.